The van der Waals surface area contributed by atoms with Crippen LogP contribution in [-0.2, 0) is 10.0 Å². The lowest BCUT2D eigenvalue weighted by molar-refractivity contribution is 0.319. The SMILES string of the molecule is NC1CCN(S(=O)(=O)c2cnoc2)CC1. The van der Waals surface area contributed by atoms with Crippen molar-refractivity contribution in [3.8, 4) is 0 Å². The molecule has 2 heterocycles. The van der Waals surface area contributed by atoms with Gasteiger partial charge in [0.25, 0.3) is 0 Å². The molecule has 84 valence electrons. The van der Waals surface area contributed by atoms with Crippen molar-refractivity contribution in [3.63, 3.8) is 0 Å². The minimum atomic E-state index is -3.42. The van der Waals surface area contributed by atoms with E-state index < -0.39 is 10.0 Å². The Hall–Kier alpha value is -0.920. The van der Waals surface area contributed by atoms with E-state index in [1.807, 2.05) is 0 Å². The molecule has 1 aliphatic rings. The Morgan fingerprint density at radius 2 is 2.13 bits per heavy atom. The fraction of sp³-hybridized carbons (Fsp3) is 0.625. The molecule has 7 heteroatoms. The summed E-state index contributed by atoms with van der Waals surface area (Å²) in [6, 6.07) is 0.110. The minimum absolute atomic E-state index is 0.109. The van der Waals surface area contributed by atoms with E-state index in [1.54, 1.807) is 0 Å². The molecule has 1 saturated heterocycles. The van der Waals surface area contributed by atoms with Gasteiger partial charge in [-0.3, -0.25) is 0 Å². The van der Waals surface area contributed by atoms with Crippen LogP contribution in [0, 0.1) is 0 Å². The summed E-state index contributed by atoms with van der Waals surface area (Å²) >= 11 is 0. The maximum absolute atomic E-state index is 11.9. The van der Waals surface area contributed by atoms with Crippen LogP contribution in [0.1, 0.15) is 12.8 Å². The lowest BCUT2D eigenvalue weighted by Gasteiger charge is -2.28. The fourth-order valence-electron chi connectivity index (χ4n) is 1.59. The molecule has 0 saturated carbocycles. The molecule has 0 aromatic carbocycles. The molecule has 15 heavy (non-hydrogen) atoms. The number of sulfonamides is 1. The number of aromatic nitrogens is 1. The minimum Gasteiger partial charge on any atom is -0.363 e. The van der Waals surface area contributed by atoms with Gasteiger partial charge in [0, 0.05) is 19.1 Å². The molecule has 0 aliphatic carbocycles. The summed E-state index contributed by atoms with van der Waals surface area (Å²) in [5.41, 5.74) is 5.71. The van der Waals surface area contributed by atoms with Gasteiger partial charge < -0.3 is 10.3 Å². The zero-order chi connectivity index (χ0) is 10.9. The van der Waals surface area contributed by atoms with Crippen molar-refractivity contribution >= 4 is 10.0 Å². The van der Waals surface area contributed by atoms with Gasteiger partial charge in [-0.15, -0.1) is 0 Å². The monoisotopic (exact) mass is 231 g/mol. The van der Waals surface area contributed by atoms with Gasteiger partial charge in [0.15, 0.2) is 0 Å². The largest absolute Gasteiger partial charge is 0.363 e. The number of nitrogens with zero attached hydrogens (tertiary/aromatic N) is 2. The Bertz CT molecular complexity index is 406. The topological polar surface area (TPSA) is 89.4 Å². The normalized spacial score (nSPS) is 20.6. The van der Waals surface area contributed by atoms with Gasteiger partial charge >= 0.3 is 0 Å². The average molecular weight is 231 g/mol. The highest BCUT2D eigenvalue weighted by Gasteiger charge is 2.29. The summed E-state index contributed by atoms with van der Waals surface area (Å²) < 4.78 is 29.8. The predicted molar refractivity (Wildman–Crippen MR) is 52.5 cm³/mol. The van der Waals surface area contributed by atoms with Crippen LogP contribution in [0.15, 0.2) is 21.9 Å². The van der Waals surface area contributed by atoms with E-state index >= 15 is 0 Å². The Kier molecular flexibility index (Phi) is 2.76. The molecule has 2 rings (SSSR count). The van der Waals surface area contributed by atoms with Gasteiger partial charge in [0.2, 0.25) is 10.0 Å². The van der Waals surface area contributed by atoms with Crippen LogP contribution in [0.2, 0.25) is 0 Å². The Balaban J connectivity index is 2.17. The van der Waals surface area contributed by atoms with Crippen molar-refractivity contribution in [1.29, 1.82) is 0 Å². The molecule has 1 fully saturated rings. The molecule has 1 aromatic heterocycles. The Morgan fingerprint density at radius 3 is 2.67 bits per heavy atom. The predicted octanol–water partition coefficient (Wildman–Crippen LogP) is -0.214. The number of hydrogen-bond donors (Lipinski definition) is 1. The summed E-state index contributed by atoms with van der Waals surface area (Å²) in [6.45, 7) is 0.934. The maximum atomic E-state index is 11.9. The van der Waals surface area contributed by atoms with Crippen molar-refractivity contribution < 1.29 is 12.9 Å². The van der Waals surface area contributed by atoms with Crippen LogP contribution in [0.25, 0.3) is 0 Å². The van der Waals surface area contributed by atoms with E-state index in [9.17, 15) is 8.42 Å². The quantitative estimate of drug-likeness (QED) is 0.760. The smallest absolute Gasteiger partial charge is 0.247 e. The molecule has 0 atom stereocenters. The van der Waals surface area contributed by atoms with Crippen molar-refractivity contribution in [3.05, 3.63) is 12.5 Å². The molecule has 2 N–H and O–H groups in total. The summed E-state index contributed by atoms with van der Waals surface area (Å²) in [5, 5.41) is 3.39. The highest BCUT2D eigenvalue weighted by molar-refractivity contribution is 7.89. The number of nitrogens with two attached hydrogens (primary N) is 1. The third-order valence-electron chi connectivity index (χ3n) is 2.55. The van der Waals surface area contributed by atoms with Gasteiger partial charge in [-0.1, -0.05) is 5.16 Å². The van der Waals surface area contributed by atoms with E-state index in [0.717, 1.165) is 6.26 Å². The maximum Gasteiger partial charge on any atom is 0.247 e. The van der Waals surface area contributed by atoms with Crippen LogP contribution in [0.3, 0.4) is 0 Å². The zero-order valence-corrected chi connectivity index (χ0v) is 8.98. The first-order valence-electron chi connectivity index (χ1n) is 4.76. The second-order valence-corrected chi connectivity index (χ2v) is 5.54. The van der Waals surface area contributed by atoms with Crippen LogP contribution in [-0.4, -0.2) is 37.0 Å². The molecule has 0 radical (unpaired) electrons. The molecular weight excluding hydrogens is 218 g/mol. The second-order valence-electron chi connectivity index (χ2n) is 3.60. The summed E-state index contributed by atoms with van der Waals surface area (Å²) in [7, 11) is -3.42. The molecule has 0 amide bonds. The molecule has 0 unspecified atom stereocenters. The van der Waals surface area contributed by atoms with Crippen LogP contribution in [0.5, 0.6) is 0 Å². The highest BCUT2D eigenvalue weighted by atomic mass is 32.2. The van der Waals surface area contributed by atoms with Gasteiger partial charge in [-0.2, -0.15) is 4.31 Å². The van der Waals surface area contributed by atoms with E-state index in [-0.39, 0.29) is 10.9 Å². The fourth-order valence-corrected chi connectivity index (χ4v) is 2.92. The van der Waals surface area contributed by atoms with Crippen LogP contribution < -0.4 is 5.73 Å². The van der Waals surface area contributed by atoms with Crippen LogP contribution >= 0.6 is 0 Å². The molecule has 1 aliphatic heterocycles. The first kappa shape index (κ1) is 10.6. The lowest BCUT2D eigenvalue weighted by Crippen LogP contribution is -2.42. The van der Waals surface area contributed by atoms with Crippen molar-refractivity contribution in [2.45, 2.75) is 23.8 Å². The third-order valence-corrected chi connectivity index (χ3v) is 4.39. The number of rotatable bonds is 2. The van der Waals surface area contributed by atoms with E-state index in [1.165, 1.54) is 10.5 Å². The number of hydrogen-bond acceptors (Lipinski definition) is 5. The Labute approximate surface area is 88.1 Å². The molecular formula is C8H13N3O3S. The van der Waals surface area contributed by atoms with Crippen molar-refractivity contribution in [2.75, 3.05) is 13.1 Å². The van der Waals surface area contributed by atoms with E-state index in [0.29, 0.717) is 25.9 Å². The van der Waals surface area contributed by atoms with Crippen molar-refractivity contribution in [1.82, 2.24) is 9.46 Å². The van der Waals surface area contributed by atoms with Gasteiger partial charge in [-0.25, -0.2) is 8.42 Å². The summed E-state index contributed by atoms with van der Waals surface area (Å²) in [4.78, 5) is 0.109. The number of piperidine rings is 1. The van der Waals surface area contributed by atoms with Gasteiger partial charge in [0.05, 0.1) is 6.20 Å². The average Bonchev–Trinajstić information content (AvgIpc) is 2.71. The molecule has 0 bridgehead atoms. The van der Waals surface area contributed by atoms with Crippen LogP contribution in [0.4, 0.5) is 0 Å². The summed E-state index contributed by atoms with van der Waals surface area (Å²) in [5.74, 6) is 0. The van der Waals surface area contributed by atoms with Gasteiger partial charge in [-0.05, 0) is 12.8 Å². The lowest BCUT2D eigenvalue weighted by atomic mass is 10.1. The van der Waals surface area contributed by atoms with E-state index in [4.69, 9.17) is 5.73 Å². The molecule has 1 aromatic rings. The standard InChI is InChI=1S/C8H13N3O3S/c9-7-1-3-11(4-2-7)15(12,13)8-5-10-14-6-8/h5-7H,1-4,9H2. The van der Waals surface area contributed by atoms with Crippen molar-refractivity contribution in [2.24, 2.45) is 5.73 Å². The first-order valence-corrected chi connectivity index (χ1v) is 6.20. The first-order chi connectivity index (χ1) is 7.10. The van der Waals surface area contributed by atoms with Gasteiger partial charge in [0.1, 0.15) is 11.2 Å². The Morgan fingerprint density at radius 1 is 1.47 bits per heavy atom. The summed E-state index contributed by atoms with van der Waals surface area (Å²) in [6.07, 6.45) is 3.75. The molecule has 6 nitrogen and oxygen atoms in total. The second kappa shape index (κ2) is 3.92. The zero-order valence-electron chi connectivity index (χ0n) is 8.17. The highest BCUT2D eigenvalue weighted by Crippen LogP contribution is 2.19. The molecule has 0 spiro atoms. The van der Waals surface area contributed by atoms with E-state index in [2.05, 4.69) is 9.68 Å². The third kappa shape index (κ3) is 2.04.